The number of hydrogen-bond donors (Lipinski definition) is 1. The highest BCUT2D eigenvalue weighted by Gasteiger charge is 2.55. The van der Waals surface area contributed by atoms with Gasteiger partial charge >= 0.3 is 0 Å². The number of fused-ring (bicyclic) bond motifs is 1. The van der Waals surface area contributed by atoms with Gasteiger partial charge in [0.05, 0.1) is 0 Å². The van der Waals surface area contributed by atoms with Crippen molar-refractivity contribution in [3.63, 3.8) is 0 Å². The van der Waals surface area contributed by atoms with Gasteiger partial charge < -0.3 is 5.73 Å². The summed E-state index contributed by atoms with van der Waals surface area (Å²) < 4.78 is 0. The zero-order valence-corrected chi connectivity index (χ0v) is 9.88. The van der Waals surface area contributed by atoms with E-state index in [9.17, 15) is 0 Å². The maximum absolute atomic E-state index is 6.13. The Kier molecular flexibility index (Phi) is 2.54. The summed E-state index contributed by atoms with van der Waals surface area (Å²) in [7, 11) is 0. The lowest BCUT2D eigenvalue weighted by Gasteiger charge is -2.38. The number of nitrogens with two attached hydrogens (primary N) is 1. The van der Waals surface area contributed by atoms with Crippen LogP contribution in [0.4, 0.5) is 0 Å². The second-order valence-corrected chi connectivity index (χ2v) is 6.42. The predicted octanol–water partition coefficient (Wildman–Crippen LogP) is 3.33. The molecule has 3 fully saturated rings. The van der Waals surface area contributed by atoms with E-state index < -0.39 is 0 Å². The Hall–Kier alpha value is -0.0400. The Bertz CT molecular complexity index is 217. The molecule has 0 spiro atoms. The van der Waals surface area contributed by atoms with Crippen molar-refractivity contribution in [2.45, 2.75) is 57.8 Å². The molecule has 2 N–H and O–H groups in total. The van der Waals surface area contributed by atoms with Crippen molar-refractivity contribution >= 4 is 0 Å². The summed E-state index contributed by atoms with van der Waals surface area (Å²) in [4.78, 5) is 0. The van der Waals surface area contributed by atoms with Gasteiger partial charge in [-0.3, -0.25) is 0 Å². The normalized spacial score (nSPS) is 46.2. The zero-order valence-electron chi connectivity index (χ0n) is 9.88. The molecule has 86 valence electrons. The first-order valence-electron chi connectivity index (χ1n) is 7.04. The van der Waals surface area contributed by atoms with Crippen molar-refractivity contribution in [1.29, 1.82) is 0 Å². The first-order chi connectivity index (χ1) is 7.34. The van der Waals surface area contributed by atoms with Gasteiger partial charge in [-0.1, -0.05) is 25.7 Å². The molecule has 0 amide bonds. The van der Waals surface area contributed by atoms with E-state index in [4.69, 9.17) is 5.73 Å². The van der Waals surface area contributed by atoms with Crippen LogP contribution in [0.2, 0.25) is 0 Å². The molecule has 0 bridgehead atoms. The third kappa shape index (κ3) is 1.73. The summed E-state index contributed by atoms with van der Waals surface area (Å²) in [6.07, 6.45) is 13.4. The molecule has 0 radical (unpaired) electrons. The van der Waals surface area contributed by atoms with Crippen molar-refractivity contribution in [2.24, 2.45) is 28.9 Å². The van der Waals surface area contributed by atoms with Crippen LogP contribution in [0.1, 0.15) is 57.8 Å². The SMILES string of the molecule is NCC1(C2CCCCCC2)CC2CC2C1. The van der Waals surface area contributed by atoms with Crippen molar-refractivity contribution in [3.05, 3.63) is 0 Å². The molecule has 0 aliphatic heterocycles. The number of rotatable bonds is 2. The number of hydrogen-bond acceptors (Lipinski definition) is 1. The first-order valence-corrected chi connectivity index (χ1v) is 7.04. The van der Waals surface area contributed by atoms with Gasteiger partial charge in [-0.25, -0.2) is 0 Å². The average molecular weight is 207 g/mol. The van der Waals surface area contributed by atoms with Crippen LogP contribution in [-0.4, -0.2) is 6.54 Å². The molecule has 0 aromatic carbocycles. The van der Waals surface area contributed by atoms with Gasteiger partial charge in [0.2, 0.25) is 0 Å². The summed E-state index contributed by atoms with van der Waals surface area (Å²) in [5.74, 6) is 3.17. The molecule has 0 heterocycles. The quantitative estimate of drug-likeness (QED) is 0.691. The van der Waals surface area contributed by atoms with E-state index in [0.717, 1.165) is 24.3 Å². The van der Waals surface area contributed by atoms with Gasteiger partial charge in [0.1, 0.15) is 0 Å². The molecule has 2 unspecified atom stereocenters. The fourth-order valence-electron chi connectivity index (χ4n) is 4.50. The third-order valence-electron chi connectivity index (χ3n) is 5.53. The van der Waals surface area contributed by atoms with Crippen molar-refractivity contribution < 1.29 is 0 Å². The summed E-state index contributed by atoms with van der Waals surface area (Å²) in [5, 5.41) is 0. The lowest BCUT2D eigenvalue weighted by Crippen LogP contribution is -2.36. The van der Waals surface area contributed by atoms with Crippen molar-refractivity contribution in [1.82, 2.24) is 0 Å². The maximum atomic E-state index is 6.13. The Morgan fingerprint density at radius 2 is 1.53 bits per heavy atom. The van der Waals surface area contributed by atoms with Crippen LogP contribution in [0.15, 0.2) is 0 Å². The Balaban J connectivity index is 1.71. The second kappa shape index (κ2) is 3.76. The van der Waals surface area contributed by atoms with Gasteiger partial charge in [-0.05, 0) is 61.8 Å². The van der Waals surface area contributed by atoms with Gasteiger partial charge in [0.25, 0.3) is 0 Å². The summed E-state index contributed by atoms with van der Waals surface area (Å²) in [6, 6.07) is 0. The molecule has 3 saturated carbocycles. The Morgan fingerprint density at radius 1 is 0.933 bits per heavy atom. The summed E-state index contributed by atoms with van der Waals surface area (Å²) >= 11 is 0. The molecule has 3 aliphatic rings. The van der Waals surface area contributed by atoms with E-state index >= 15 is 0 Å². The minimum Gasteiger partial charge on any atom is -0.330 e. The Morgan fingerprint density at radius 3 is 2.07 bits per heavy atom. The van der Waals surface area contributed by atoms with Crippen LogP contribution in [0.3, 0.4) is 0 Å². The van der Waals surface area contributed by atoms with Crippen molar-refractivity contribution in [3.8, 4) is 0 Å². The van der Waals surface area contributed by atoms with Crippen molar-refractivity contribution in [2.75, 3.05) is 6.54 Å². The van der Waals surface area contributed by atoms with E-state index in [1.54, 1.807) is 0 Å². The molecule has 0 aromatic rings. The van der Waals surface area contributed by atoms with Gasteiger partial charge in [0.15, 0.2) is 0 Å². The van der Waals surface area contributed by atoms with Crippen LogP contribution in [0.5, 0.6) is 0 Å². The molecule has 1 heteroatoms. The van der Waals surface area contributed by atoms with Gasteiger partial charge in [-0.15, -0.1) is 0 Å². The van der Waals surface area contributed by atoms with Crippen LogP contribution in [-0.2, 0) is 0 Å². The minimum absolute atomic E-state index is 0.595. The lowest BCUT2D eigenvalue weighted by atomic mass is 9.69. The van der Waals surface area contributed by atoms with E-state index in [1.807, 2.05) is 0 Å². The monoisotopic (exact) mass is 207 g/mol. The molecule has 3 rings (SSSR count). The van der Waals surface area contributed by atoms with Crippen LogP contribution < -0.4 is 5.73 Å². The van der Waals surface area contributed by atoms with Gasteiger partial charge in [-0.2, -0.15) is 0 Å². The topological polar surface area (TPSA) is 26.0 Å². The molecule has 15 heavy (non-hydrogen) atoms. The fourth-order valence-corrected chi connectivity index (χ4v) is 4.50. The Labute approximate surface area is 93.8 Å². The molecule has 0 saturated heterocycles. The maximum Gasteiger partial charge on any atom is -0.00177 e. The summed E-state index contributed by atoms with van der Waals surface area (Å²) in [6.45, 7) is 0.977. The lowest BCUT2D eigenvalue weighted by molar-refractivity contribution is 0.138. The van der Waals surface area contributed by atoms with E-state index in [1.165, 1.54) is 57.8 Å². The predicted molar refractivity (Wildman–Crippen MR) is 63.5 cm³/mol. The van der Waals surface area contributed by atoms with Crippen LogP contribution in [0, 0.1) is 23.2 Å². The zero-order chi connectivity index (χ0) is 10.3. The fraction of sp³-hybridized carbons (Fsp3) is 1.00. The van der Waals surface area contributed by atoms with Gasteiger partial charge in [0, 0.05) is 0 Å². The summed E-state index contributed by atoms with van der Waals surface area (Å²) in [5.41, 5.74) is 6.73. The highest BCUT2D eigenvalue weighted by Crippen LogP contribution is 2.63. The van der Waals surface area contributed by atoms with Crippen LogP contribution in [0.25, 0.3) is 0 Å². The highest BCUT2D eigenvalue weighted by molar-refractivity contribution is 5.06. The smallest absolute Gasteiger partial charge is 0.00177 e. The highest BCUT2D eigenvalue weighted by atomic mass is 14.7. The average Bonchev–Trinajstić information content (AvgIpc) is 2.97. The van der Waals surface area contributed by atoms with E-state index in [2.05, 4.69) is 0 Å². The first kappa shape index (κ1) is 10.1. The van der Waals surface area contributed by atoms with E-state index in [-0.39, 0.29) is 0 Å². The minimum atomic E-state index is 0.595. The molecular formula is C14H25N. The molecule has 0 aromatic heterocycles. The third-order valence-corrected chi connectivity index (χ3v) is 5.53. The molecule has 1 nitrogen and oxygen atoms in total. The molecule has 3 aliphatic carbocycles. The molecule has 2 atom stereocenters. The standard InChI is InChI=1S/C14H25N/c15-10-14(8-11-7-12(11)9-14)13-5-3-1-2-4-6-13/h11-13H,1-10,15H2. The largest absolute Gasteiger partial charge is 0.330 e. The van der Waals surface area contributed by atoms with E-state index in [0.29, 0.717) is 5.41 Å². The second-order valence-electron chi connectivity index (χ2n) is 6.42. The van der Waals surface area contributed by atoms with Crippen LogP contribution >= 0.6 is 0 Å². The molecular weight excluding hydrogens is 182 g/mol.